The summed E-state index contributed by atoms with van der Waals surface area (Å²) in [6, 6.07) is 4.15. The highest BCUT2D eigenvalue weighted by molar-refractivity contribution is 7.13. The molecule has 0 atom stereocenters. The molecule has 0 radical (unpaired) electrons. The van der Waals surface area contributed by atoms with Crippen LogP contribution in [-0.2, 0) is 0 Å². The van der Waals surface area contributed by atoms with Gasteiger partial charge in [0.2, 0.25) is 5.13 Å². The Kier molecular flexibility index (Phi) is 3.71. The fourth-order valence-electron chi connectivity index (χ4n) is 1.42. The molecule has 1 aromatic heterocycles. The minimum atomic E-state index is -1.04. The number of urea groups is 1. The van der Waals surface area contributed by atoms with Gasteiger partial charge in [-0.3, -0.25) is 5.32 Å². The van der Waals surface area contributed by atoms with E-state index in [1.54, 1.807) is 19.1 Å². The van der Waals surface area contributed by atoms with Gasteiger partial charge in [-0.1, -0.05) is 17.4 Å². The number of nitrogens with one attached hydrogen (secondary N) is 2. The summed E-state index contributed by atoms with van der Waals surface area (Å²) in [5, 5.41) is 21.6. The van der Waals surface area contributed by atoms with E-state index in [-0.39, 0.29) is 5.56 Å². The number of aromatic nitrogens is 2. The van der Waals surface area contributed by atoms with Crippen LogP contribution in [-0.4, -0.2) is 27.3 Å². The Labute approximate surface area is 112 Å². The second kappa shape index (κ2) is 5.44. The molecule has 19 heavy (non-hydrogen) atoms. The van der Waals surface area contributed by atoms with Gasteiger partial charge in [0.15, 0.2) is 0 Å². The van der Waals surface area contributed by atoms with E-state index < -0.39 is 12.0 Å². The van der Waals surface area contributed by atoms with Gasteiger partial charge in [0.25, 0.3) is 0 Å². The van der Waals surface area contributed by atoms with Crippen molar-refractivity contribution in [3.8, 4) is 0 Å². The number of benzene rings is 1. The molecule has 0 spiro atoms. The van der Waals surface area contributed by atoms with Crippen molar-refractivity contribution in [2.45, 2.75) is 6.92 Å². The summed E-state index contributed by atoms with van der Waals surface area (Å²) < 4.78 is 0. The molecule has 7 nitrogen and oxygen atoms in total. The van der Waals surface area contributed by atoms with Crippen molar-refractivity contribution in [2.24, 2.45) is 0 Å². The third-order valence-corrected chi connectivity index (χ3v) is 2.91. The quantitative estimate of drug-likeness (QED) is 0.798. The lowest BCUT2D eigenvalue weighted by Gasteiger charge is -2.07. The zero-order valence-electron chi connectivity index (χ0n) is 9.88. The van der Waals surface area contributed by atoms with Gasteiger partial charge >= 0.3 is 12.0 Å². The first-order valence-corrected chi connectivity index (χ1v) is 6.12. The maximum atomic E-state index is 11.6. The Balaban J connectivity index is 2.09. The number of nitrogens with zero attached hydrogens (tertiary/aromatic N) is 2. The van der Waals surface area contributed by atoms with Crippen LogP contribution >= 0.6 is 11.3 Å². The first-order valence-electron chi connectivity index (χ1n) is 5.24. The van der Waals surface area contributed by atoms with Gasteiger partial charge < -0.3 is 10.4 Å². The number of aromatic carboxylic acids is 1. The van der Waals surface area contributed by atoms with Gasteiger partial charge in [-0.2, -0.15) is 0 Å². The van der Waals surface area contributed by atoms with E-state index in [4.69, 9.17) is 5.11 Å². The van der Waals surface area contributed by atoms with Crippen molar-refractivity contribution in [2.75, 3.05) is 10.6 Å². The van der Waals surface area contributed by atoms with Gasteiger partial charge in [0.05, 0.1) is 5.56 Å². The molecule has 2 aromatic rings. The highest BCUT2D eigenvalue weighted by Gasteiger charge is 2.10. The normalized spacial score (nSPS) is 9.95. The molecule has 0 aliphatic heterocycles. The van der Waals surface area contributed by atoms with Crippen molar-refractivity contribution in [3.63, 3.8) is 0 Å². The van der Waals surface area contributed by atoms with Crippen LogP contribution in [0.15, 0.2) is 23.7 Å². The van der Waals surface area contributed by atoms with Gasteiger partial charge in [-0.15, -0.1) is 10.2 Å². The Hall–Kier alpha value is -2.48. The smallest absolute Gasteiger partial charge is 0.336 e. The Bertz CT molecular complexity index is 612. The molecule has 0 saturated carbocycles. The van der Waals surface area contributed by atoms with Crippen LogP contribution in [0.3, 0.4) is 0 Å². The number of hydrogen-bond donors (Lipinski definition) is 3. The first kappa shape index (κ1) is 13.0. The highest BCUT2D eigenvalue weighted by Crippen LogP contribution is 2.16. The van der Waals surface area contributed by atoms with Crippen molar-refractivity contribution in [3.05, 3.63) is 34.8 Å². The summed E-state index contributed by atoms with van der Waals surface area (Å²) in [5.74, 6) is -1.04. The molecule has 0 bridgehead atoms. The van der Waals surface area contributed by atoms with Crippen LogP contribution in [0.4, 0.5) is 15.6 Å². The van der Waals surface area contributed by atoms with Crippen LogP contribution in [0.5, 0.6) is 0 Å². The van der Waals surface area contributed by atoms with E-state index in [0.29, 0.717) is 16.4 Å². The SMILES string of the molecule is Cc1ccc(NC(=O)Nc2nncs2)cc1C(=O)O. The first-order chi connectivity index (χ1) is 9.06. The maximum Gasteiger partial charge on any atom is 0.336 e. The molecule has 0 fully saturated rings. The lowest BCUT2D eigenvalue weighted by atomic mass is 10.1. The van der Waals surface area contributed by atoms with Crippen LogP contribution < -0.4 is 10.6 Å². The third-order valence-electron chi connectivity index (χ3n) is 2.31. The minimum Gasteiger partial charge on any atom is -0.478 e. The highest BCUT2D eigenvalue weighted by atomic mass is 32.1. The fraction of sp³-hybridized carbons (Fsp3) is 0.0909. The molecule has 1 aromatic carbocycles. The standard InChI is InChI=1S/C11H10N4O3S/c1-6-2-3-7(4-8(6)9(16)17)13-10(18)14-11-15-12-5-19-11/h2-5H,1H3,(H,16,17)(H2,13,14,15,18). The van der Waals surface area contributed by atoms with E-state index in [1.807, 2.05) is 0 Å². The zero-order chi connectivity index (χ0) is 13.8. The van der Waals surface area contributed by atoms with Crippen molar-refractivity contribution >= 4 is 34.2 Å². The summed E-state index contributed by atoms with van der Waals surface area (Å²) in [6.07, 6.45) is 0. The Morgan fingerprint density at radius 2 is 2.11 bits per heavy atom. The van der Waals surface area contributed by atoms with Crippen molar-refractivity contribution in [1.82, 2.24) is 10.2 Å². The largest absolute Gasteiger partial charge is 0.478 e. The lowest BCUT2D eigenvalue weighted by molar-refractivity contribution is 0.0696. The summed E-state index contributed by atoms with van der Waals surface area (Å²) in [7, 11) is 0. The average molecular weight is 278 g/mol. The van der Waals surface area contributed by atoms with Crippen molar-refractivity contribution in [1.29, 1.82) is 0 Å². The fourth-order valence-corrected chi connectivity index (χ4v) is 1.86. The van der Waals surface area contributed by atoms with Gasteiger partial charge in [0, 0.05) is 5.69 Å². The molecule has 0 aliphatic carbocycles. The number of carbonyl (C=O) groups excluding carboxylic acids is 1. The molecule has 8 heteroatoms. The molecule has 98 valence electrons. The number of carboxylic acids is 1. The summed E-state index contributed by atoms with van der Waals surface area (Å²) in [5.41, 5.74) is 2.66. The van der Waals surface area contributed by atoms with E-state index in [2.05, 4.69) is 20.8 Å². The number of aryl methyl sites for hydroxylation is 1. The Morgan fingerprint density at radius 1 is 1.32 bits per heavy atom. The van der Waals surface area contributed by atoms with E-state index >= 15 is 0 Å². The molecule has 3 N–H and O–H groups in total. The molecule has 0 saturated heterocycles. The van der Waals surface area contributed by atoms with Crippen LogP contribution in [0, 0.1) is 6.92 Å². The number of amides is 2. The monoisotopic (exact) mass is 278 g/mol. The zero-order valence-corrected chi connectivity index (χ0v) is 10.7. The number of rotatable bonds is 3. The van der Waals surface area contributed by atoms with Crippen LogP contribution in [0.1, 0.15) is 15.9 Å². The molecular weight excluding hydrogens is 268 g/mol. The molecule has 0 unspecified atom stereocenters. The van der Waals surface area contributed by atoms with E-state index in [9.17, 15) is 9.59 Å². The summed E-state index contributed by atoms with van der Waals surface area (Å²) in [4.78, 5) is 22.6. The Morgan fingerprint density at radius 3 is 2.74 bits per heavy atom. The predicted octanol–water partition coefficient (Wildman–Crippen LogP) is 2.19. The topological polar surface area (TPSA) is 104 Å². The number of carboxylic acid groups (broad SMARTS) is 1. The van der Waals surface area contributed by atoms with Crippen LogP contribution in [0.2, 0.25) is 0 Å². The minimum absolute atomic E-state index is 0.147. The van der Waals surface area contributed by atoms with E-state index in [0.717, 1.165) is 0 Å². The number of hydrogen-bond acceptors (Lipinski definition) is 5. The summed E-state index contributed by atoms with van der Waals surface area (Å²) >= 11 is 1.18. The lowest BCUT2D eigenvalue weighted by Crippen LogP contribution is -2.19. The second-order valence-corrected chi connectivity index (χ2v) is 4.49. The van der Waals surface area contributed by atoms with Crippen LogP contribution in [0.25, 0.3) is 0 Å². The number of carbonyl (C=O) groups is 2. The summed E-state index contributed by atoms with van der Waals surface area (Å²) in [6.45, 7) is 1.69. The molecule has 2 rings (SSSR count). The second-order valence-electron chi connectivity index (χ2n) is 3.66. The molecular formula is C11H10N4O3S. The third kappa shape index (κ3) is 3.26. The molecule has 0 aliphatic rings. The molecule has 1 heterocycles. The van der Waals surface area contributed by atoms with Crippen molar-refractivity contribution < 1.29 is 14.7 Å². The average Bonchev–Trinajstić information content (AvgIpc) is 2.84. The molecule has 2 amide bonds. The van der Waals surface area contributed by atoms with Gasteiger partial charge in [0.1, 0.15) is 5.51 Å². The van der Waals surface area contributed by atoms with Gasteiger partial charge in [-0.25, -0.2) is 9.59 Å². The predicted molar refractivity (Wildman–Crippen MR) is 70.7 cm³/mol. The maximum absolute atomic E-state index is 11.6. The van der Waals surface area contributed by atoms with Gasteiger partial charge in [-0.05, 0) is 24.6 Å². The number of anilines is 2. The van der Waals surface area contributed by atoms with E-state index in [1.165, 1.54) is 22.9 Å².